The van der Waals surface area contributed by atoms with E-state index in [9.17, 15) is 0 Å². The zero-order valence-electron chi connectivity index (χ0n) is 19.8. The van der Waals surface area contributed by atoms with Crippen LogP contribution in [0.25, 0.3) is 56.9 Å². The first-order chi connectivity index (χ1) is 17.7. The van der Waals surface area contributed by atoms with Gasteiger partial charge in [-0.2, -0.15) is 0 Å². The third kappa shape index (κ3) is 4.09. The summed E-state index contributed by atoms with van der Waals surface area (Å²) in [5.74, 6) is 2.04. The predicted octanol–water partition coefficient (Wildman–Crippen LogP) is 7.40. The van der Waals surface area contributed by atoms with Crippen LogP contribution in [0.1, 0.15) is 11.1 Å². The smallest absolute Gasteiger partial charge is 0.248 e. The Bertz CT molecular complexity index is 1520. The number of hydrogen-bond acceptors (Lipinski definition) is 6. The van der Waals surface area contributed by atoms with Crippen molar-refractivity contribution in [1.82, 2.24) is 20.4 Å². The summed E-state index contributed by atoms with van der Waals surface area (Å²) < 4.78 is 11.9. The number of aromatic nitrogens is 4. The molecule has 6 heteroatoms. The zero-order valence-corrected chi connectivity index (χ0v) is 19.8. The molecule has 0 unspecified atom stereocenters. The predicted molar refractivity (Wildman–Crippen MR) is 139 cm³/mol. The maximum Gasteiger partial charge on any atom is 0.248 e. The van der Waals surface area contributed by atoms with Crippen molar-refractivity contribution >= 4 is 0 Å². The summed E-state index contributed by atoms with van der Waals surface area (Å²) in [6, 6.07) is 32.1. The fourth-order valence-electron chi connectivity index (χ4n) is 4.13. The molecule has 2 aromatic heterocycles. The van der Waals surface area contributed by atoms with E-state index in [4.69, 9.17) is 8.83 Å². The molecule has 0 amide bonds. The molecular weight excluding hydrogens is 448 g/mol. The molecule has 6 rings (SSSR count). The van der Waals surface area contributed by atoms with Gasteiger partial charge in [-0.05, 0) is 72.5 Å². The monoisotopic (exact) mass is 470 g/mol. The van der Waals surface area contributed by atoms with Crippen molar-refractivity contribution in [1.29, 1.82) is 0 Å². The molecule has 0 aliphatic carbocycles. The van der Waals surface area contributed by atoms with Crippen molar-refractivity contribution < 1.29 is 8.83 Å². The molecule has 0 saturated carbocycles. The van der Waals surface area contributed by atoms with Crippen molar-refractivity contribution in [2.75, 3.05) is 0 Å². The van der Waals surface area contributed by atoms with E-state index >= 15 is 0 Å². The highest BCUT2D eigenvalue weighted by Crippen LogP contribution is 2.30. The third-order valence-electron chi connectivity index (χ3n) is 6.20. The summed E-state index contributed by atoms with van der Waals surface area (Å²) in [6.45, 7) is 4.06. The molecule has 0 N–H and O–H groups in total. The molecule has 6 nitrogen and oxygen atoms in total. The molecule has 0 saturated heterocycles. The lowest BCUT2D eigenvalue weighted by atomic mass is 10.0. The lowest BCUT2D eigenvalue weighted by Crippen LogP contribution is -1.82. The highest BCUT2D eigenvalue weighted by atomic mass is 16.4. The number of benzene rings is 4. The zero-order chi connectivity index (χ0) is 24.5. The molecule has 0 atom stereocenters. The molecule has 0 aliphatic heterocycles. The Labute approximate surface area is 208 Å². The Morgan fingerprint density at radius 1 is 0.389 bits per heavy atom. The second kappa shape index (κ2) is 9.07. The fraction of sp³-hybridized carbons (Fsp3) is 0.0667. The van der Waals surface area contributed by atoms with Crippen LogP contribution in [0.4, 0.5) is 0 Å². The van der Waals surface area contributed by atoms with Crippen molar-refractivity contribution in [3.63, 3.8) is 0 Å². The van der Waals surface area contributed by atoms with Gasteiger partial charge in [0.2, 0.25) is 23.6 Å². The van der Waals surface area contributed by atoms with E-state index in [1.165, 1.54) is 0 Å². The lowest BCUT2D eigenvalue weighted by Gasteiger charge is -2.04. The first kappa shape index (κ1) is 21.7. The Balaban J connectivity index is 1.20. The van der Waals surface area contributed by atoms with E-state index in [0.29, 0.717) is 23.6 Å². The summed E-state index contributed by atoms with van der Waals surface area (Å²) in [4.78, 5) is 0. The Hall–Kier alpha value is -4.84. The van der Waals surface area contributed by atoms with Crippen LogP contribution in [-0.2, 0) is 0 Å². The van der Waals surface area contributed by atoms with Crippen LogP contribution in [0.3, 0.4) is 0 Å². The highest BCUT2D eigenvalue weighted by molar-refractivity contribution is 5.70. The lowest BCUT2D eigenvalue weighted by molar-refractivity contribution is 0.583. The minimum absolute atomic E-state index is 0.496. The van der Waals surface area contributed by atoms with Gasteiger partial charge in [-0.1, -0.05) is 60.7 Å². The number of nitrogens with zero attached hydrogens (tertiary/aromatic N) is 4. The summed E-state index contributed by atoms with van der Waals surface area (Å²) >= 11 is 0. The van der Waals surface area contributed by atoms with Crippen LogP contribution < -0.4 is 0 Å². The Kier molecular flexibility index (Phi) is 5.46. The first-order valence-corrected chi connectivity index (χ1v) is 11.7. The van der Waals surface area contributed by atoms with Crippen LogP contribution >= 0.6 is 0 Å². The van der Waals surface area contributed by atoms with Crippen molar-refractivity contribution in [3.05, 3.63) is 108 Å². The Morgan fingerprint density at radius 3 is 1.11 bits per heavy atom. The van der Waals surface area contributed by atoms with Crippen molar-refractivity contribution in [2.24, 2.45) is 0 Å². The van der Waals surface area contributed by atoms with Crippen LogP contribution in [0.5, 0.6) is 0 Å². The number of aryl methyl sites for hydroxylation is 2. The Morgan fingerprint density at radius 2 is 0.722 bits per heavy atom. The second-order valence-corrected chi connectivity index (χ2v) is 8.61. The van der Waals surface area contributed by atoms with Gasteiger partial charge in [0.1, 0.15) is 0 Å². The summed E-state index contributed by atoms with van der Waals surface area (Å²) in [6.07, 6.45) is 0. The van der Waals surface area contributed by atoms with Gasteiger partial charge in [0.15, 0.2) is 0 Å². The standard InChI is InChI=1S/C30H22N4O2/c1-19-7-3-5-9-25(19)29-33-31-27(35-29)23-15-11-21(12-16-23)22-13-17-24(18-14-22)28-32-34-30(36-28)26-10-6-4-8-20(26)2/h3-18H,1-2H3. The van der Waals surface area contributed by atoms with Gasteiger partial charge in [0.25, 0.3) is 0 Å². The molecular formula is C30H22N4O2. The maximum atomic E-state index is 5.94. The molecule has 0 fully saturated rings. The normalized spacial score (nSPS) is 11.1. The largest absolute Gasteiger partial charge is 0.416 e. The number of hydrogen-bond donors (Lipinski definition) is 0. The van der Waals surface area contributed by atoms with Gasteiger partial charge < -0.3 is 8.83 Å². The van der Waals surface area contributed by atoms with E-state index in [-0.39, 0.29) is 0 Å². The van der Waals surface area contributed by atoms with Crippen molar-refractivity contribution in [2.45, 2.75) is 13.8 Å². The molecule has 0 radical (unpaired) electrons. The van der Waals surface area contributed by atoms with Gasteiger partial charge in [-0.25, -0.2) is 0 Å². The maximum absolute atomic E-state index is 5.94. The summed E-state index contributed by atoms with van der Waals surface area (Å²) in [7, 11) is 0. The summed E-state index contributed by atoms with van der Waals surface area (Å²) in [5, 5.41) is 16.9. The van der Waals surface area contributed by atoms with E-state index < -0.39 is 0 Å². The molecule has 0 bridgehead atoms. The summed E-state index contributed by atoms with van der Waals surface area (Å²) in [5.41, 5.74) is 7.98. The minimum Gasteiger partial charge on any atom is -0.416 e. The van der Waals surface area contributed by atoms with E-state index in [2.05, 4.69) is 20.4 Å². The van der Waals surface area contributed by atoms with E-state index in [1.54, 1.807) is 0 Å². The highest BCUT2D eigenvalue weighted by Gasteiger charge is 2.14. The molecule has 0 spiro atoms. The van der Waals surface area contributed by atoms with Crippen molar-refractivity contribution in [3.8, 4) is 56.9 Å². The van der Waals surface area contributed by atoms with Gasteiger partial charge >= 0.3 is 0 Å². The minimum atomic E-state index is 0.496. The van der Waals surface area contributed by atoms with E-state index in [1.807, 2.05) is 111 Å². The van der Waals surface area contributed by atoms with E-state index in [0.717, 1.165) is 44.5 Å². The van der Waals surface area contributed by atoms with Gasteiger partial charge in [0, 0.05) is 22.3 Å². The van der Waals surface area contributed by atoms with Gasteiger partial charge in [0.05, 0.1) is 0 Å². The topological polar surface area (TPSA) is 77.8 Å². The fourth-order valence-corrected chi connectivity index (χ4v) is 4.13. The molecule has 6 aromatic rings. The SMILES string of the molecule is Cc1ccccc1-c1nnc(-c2ccc(-c3ccc(-c4nnc(-c5ccccc5C)o4)cc3)cc2)o1. The third-order valence-corrected chi connectivity index (χ3v) is 6.20. The average molecular weight is 471 g/mol. The van der Waals surface area contributed by atoms with Crippen LogP contribution in [-0.4, -0.2) is 20.4 Å². The molecule has 2 heterocycles. The van der Waals surface area contributed by atoms with Crippen LogP contribution in [0.2, 0.25) is 0 Å². The molecule has 4 aromatic carbocycles. The van der Waals surface area contributed by atoms with Gasteiger partial charge in [-0.15, -0.1) is 20.4 Å². The average Bonchev–Trinajstić information content (AvgIpc) is 3.60. The first-order valence-electron chi connectivity index (χ1n) is 11.7. The molecule has 36 heavy (non-hydrogen) atoms. The molecule has 174 valence electrons. The quantitative estimate of drug-likeness (QED) is 0.261. The van der Waals surface area contributed by atoms with Gasteiger partial charge in [-0.3, -0.25) is 0 Å². The van der Waals surface area contributed by atoms with Crippen LogP contribution in [0.15, 0.2) is 106 Å². The second-order valence-electron chi connectivity index (χ2n) is 8.61. The van der Waals surface area contributed by atoms with Crippen LogP contribution in [0, 0.1) is 13.8 Å². The molecule has 0 aliphatic rings. The number of rotatable bonds is 5.